The number of ether oxygens (including phenoxy) is 1. The van der Waals surface area contributed by atoms with Gasteiger partial charge in [0.25, 0.3) is 0 Å². The van der Waals surface area contributed by atoms with Crippen molar-refractivity contribution in [3.05, 3.63) is 27.7 Å². The summed E-state index contributed by atoms with van der Waals surface area (Å²) in [7, 11) is 1.54. The van der Waals surface area contributed by atoms with Gasteiger partial charge in [-0.15, -0.1) is 0 Å². The standard InChI is InChI=1S/C10H10Cl2N2O/c1-15-10-7(6-14-3-2-13)4-8(11)5-9(10)12/h4-5,14H,3,6H2,1H3. The van der Waals surface area contributed by atoms with Crippen LogP contribution in [-0.2, 0) is 6.54 Å². The smallest absolute Gasteiger partial charge is 0.142 e. The van der Waals surface area contributed by atoms with Gasteiger partial charge in [-0.1, -0.05) is 23.2 Å². The topological polar surface area (TPSA) is 45.0 Å². The number of nitrogens with one attached hydrogen (secondary N) is 1. The van der Waals surface area contributed by atoms with Gasteiger partial charge < -0.3 is 10.1 Å². The van der Waals surface area contributed by atoms with Gasteiger partial charge in [0, 0.05) is 17.1 Å². The molecule has 0 aliphatic carbocycles. The molecule has 1 rings (SSSR count). The molecule has 0 saturated carbocycles. The maximum Gasteiger partial charge on any atom is 0.142 e. The lowest BCUT2D eigenvalue weighted by molar-refractivity contribution is 0.408. The Bertz CT molecular complexity index is 388. The third-order valence-corrected chi connectivity index (χ3v) is 2.31. The molecule has 0 heterocycles. The van der Waals surface area contributed by atoms with Gasteiger partial charge in [-0.2, -0.15) is 5.26 Å². The van der Waals surface area contributed by atoms with Crippen LogP contribution < -0.4 is 10.1 Å². The number of nitriles is 1. The van der Waals surface area contributed by atoms with Crippen LogP contribution >= 0.6 is 23.2 Å². The lowest BCUT2D eigenvalue weighted by Gasteiger charge is -2.10. The third-order valence-electron chi connectivity index (χ3n) is 1.81. The first-order chi connectivity index (χ1) is 7.19. The summed E-state index contributed by atoms with van der Waals surface area (Å²) in [5.74, 6) is 0.589. The maximum absolute atomic E-state index is 8.38. The fraction of sp³-hybridized carbons (Fsp3) is 0.300. The van der Waals surface area contributed by atoms with Crippen molar-refractivity contribution in [2.45, 2.75) is 6.54 Å². The number of methoxy groups -OCH3 is 1. The quantitative estimate of drug-likeness (QED) is 0.655. The van der Waals surface area contributed by atoms with Gasteiger partial charge >= 0.3 is 0 Å². The lowest BCUT2D eigenvalue weighted by Crippen LogP contribution is -2.13. The number of benzene rings is 1. The van der Waals surface area contributed by atoms with Gasteiger partial charge in [-0.3, -0.25) is 0 Å². The van der Waals surface area contributed by atoms with E-state index in [-0.39, 0.29) is 6.54 Å². The Labute approximate surface area is 98.6 Å². The van der Waals surface area contributed by atoms with E-state index in [1.54, 1.807) is 19.2 Å². The second-order valence-corrected chi connectivity index (χ2v) is 3.69. The van der Waals surface area contributed by atoms with Crippen LogP contribution in [-0.4, -0.2) is 13.7 Å². The van der Waals surface area contributed by atoms with Crippen LogP contribution in [0.3, 0.4) is 0 Å². The van der Waals surface area contributed by atoms with Crippen LogP contribution in [0, 0.1) is 11.3 Å². The molecule has 0 fully saturated rings. The van der Waals surface area contributed by atoms with E-state index in [9.17, 15) is 0 Å². The molecule has 0 aliphatic heterocycles. The molecule has 0 aromatic heterocycles. The van der Waals surface area contributed by atoms with Crippen molar-refractivity contribution in [1.82, 2.24) is 5.32 Å². The molecule has 0 amide bonds. The average molecular weight is 245 g/mol. The summed E-state index contributed by atoms with van der Waals surface area (Å²) in [5.41, 5.74) is 0.838. The van der Waals surface area contributed by atoms with E-state index in [0.717, 1.165) is 5.56 Å². The lowest BCUT2D eigenvalue weighted by atomic mass is 10.2. The van der Waals surface area contributed by atoms with Crippen LogP contribution in [0.4, 0.5) is 0 Å². The molecule has 1 N–H and O–H groups in total. The first-order valence-electron chi connectivity index (χ1n) is 4.28. The predicted octanol–water partition coefficient (Wildman–Crippen LogP) is 2.62. The number of rotatable bonds is 4. The second kappa shape index (κ2) is 5.82. The van der Waals surface area contributed by atoms with Crippen LogP contribution in [0.2, 0.25) is 10.0 Å². The normalized spacial score (nSPS) is 9.73. The fourth-order valence-electron chi connectivity index (χ4n) is 1.23. The molecule has 0 saturated heterocycles. The summed E-state index contributed by atoms with van der Waals surface area (Å²) < 4.78 is 5.15. The highest BCUT2D eigenvalue weighted by atomic mass is 35.5. The van der Waals surface area contributed by atoms with Gasteiger partial charge in [0.05, 0.1) is 24.7 Å². The van der Waals surface area contributed by atoms with Crippen molar-refractivity contribution in [2.24, 2.45) is 0 Å². The molecule has 3 nitrogen and oxygen atoms in total. The van der Waals surface area contributed by atoms with Gasteiger partial charge in [0.2, 0.25) is 0 Å². The molecule has 1 aromatic carbocycles. The zero-order chi connectivity index (χ0) is 11.3. The molecule has 15 heavy (non-hydrogen) atoms. The van der Waals surface area contributed by atoms with Crippen molar-refractivity contribution in [3.8, 4) is 11.8 Å². The summed E-state index contributed by atoms with van der Waals surface area (Å²) >= 11 is 11.8. The Balaban J connectivity index is 2.89. The molecule has 1 aromatic rings. The number of hydrogen-bond acceptors (Lipinski definition) is 3. The second-order valence-electron chi connectivity index (χ2n) is 2.84. The SMILES string of the molecule is COc1c(Cl)cc(Cl)cc1CNCC#N. The first-order valence-corrected chi connectivity index (χ1v) is 5.04. The largest absolute Gasteiger partial charge is 0.495 e. The Morgan fingerprint density at radius 1 is 1.47 bits per heavy atom. The zero-order valence-corrected chi connectivity index (χ0v) is 9.69. The van der Waals surface area contributed by atoms with Crippen molar-refractivity contribution < 1.29 is 4.74 Å². The van der Waals surface area contributed by atoms with Crippen molar-refractivity contribution in [3.63, 3.8) is 0 Å². The number of hydrogen-bond donors (Lipinski definition) is 1. The fourth-order valence-corrected chi connectivity index (χ4v) is 1.84. The molecule has 0 spiro atoms. The van der Waals surface area contributed by atoms with E-state index in [0.29, 0.717) is 22.3 Å². The molecular weight excluding hydrogens is 235 g/mol. The predicted molar refractivity (Wildman–Crippen MR) is 60.3 cm³/mol. The summed E-state index contributed by atoms with van der Waals surface area (Å²) in [4.78, 5) is 0. The van der Waals surface area contributed by atoms with Crippen LogP contribution in [0.25, 0.3) is 0 Å². The van der Waals surface area contributed by atoms with Crippen molar-refractivity contribution in [2.75, 3.05) is 13.7 Å². The van der Waals surface area contributed by atoms with Crippen LogP contribution in [0.1, 0.15) is 5.56 Å². The van der Waals surface area contributed by atoms with Crippen LogP contribution in [0.15, 0.2) is 12.1 Å². The molecule has 0 atom stereocenters. The molecule has 0 bridgehead atoms. The van der Waals surface area contributed by atoms with Gasteiger partial charge in [0.1, 0.15) is 5.75 Å². The minimum atomic E-state index is 0.271. The third kappa shape index (κ3) is 3.28. The summed E-state index contributed by atoms with van der Waals surface area (Å²) in [5, 5.41) is 12.3. The molecule has 0 unspecified atom stereocenters. The van der Waals surface area contributed by atoms with E-state index < -0.39 is 0 Å². The van der Waals surface area contributed by atoms with E-state index in [2.05, 4.69) is 5.32 Å². The Kier molecular flexibility index (Phi) is 4.70. The molecular formula is C10H10Cl2N2O. The first kappa shape index (κ1) is 12.1. The molecule has 0 aliphatic rings. The molecule has 5 heteroatoms. The Morgan fingerprint density at radius 3 is 2.80 bits per heavy atom. The van der Waals surface area contributed by atoms with Gasteiger partial charge in [-0.25, -0.2) is 0 Å². The minimum Gasteiger partial charge on any atom is -0.495 e. The Hall–Kier alpha value is -0.950. The van der Waals surface area contributed by atoms with E-state index >= 15 is 0 Å². The summed E-state index contributed by atoms with van der Waals surface area (Å²) in [6.07, 6.45) is 0. The average Bonchev–Trinajstić information content (AvgIpc) is 2.17. The van der Waals surface area contributed by atoms with E-state index in [1.165, 1.54) is 0 Å². The van der Waals surface area contributed by atoms with Gasteiger partial charge in [0.15, 0.2) is 0 Å². The maximum atomic E-state index is 8.38. The molecule has 0 radical (unpaired) electrons. The number of halogens is 2. The highest BCUT2D eigenvalue weighted by molar-refractivity contribution is 6.35. The molecule has 80 valence electrons. The monoisotopic (exact) mass is 244 g/mol. The van der Waals surface area contributed by atoms with E-state index in [1.807, 2.05) is 6.07 Å². The minimum absolute atomic E-state index is 0.271. The van der Waals surface area contributed by atoms with Crippen molar-refractivity contribution in [1.29, 1.82) is 5.26 Å². The van der Waals surface area contributed by atoms with E-state index in [4.69, 9.17) is 33.2 Å². The zero-order valence-electron chi connectivity index (χ0n) is 8.18. The summed E-state index contributed by atoms with van der Waals surface area (Å²) in [6, 6.07) is 5.37. The summed E-state index contributed by atoms with van der Waals surface area (Å²) in [6.45, 7) is 0.768. The Morgan fingerprint density at radius 2 is 2.20 bits per heavy atom. The van der Waals surface area contributed by atoms with Crippen LogP contribution in [0.5, 0.6) is 5.75 Å². The van der Waals surface area contributed by atoms with Gasteiger partial charge in [-0.05, 0) is 12.1 Å². The highest BCUT2D eigenvalue weighted by Crippen LogP contribution is 2.31. The highest BCUT2D eigenvalue weighted by Gasteiger charge is 2.08. The number of nitrogens with zero attached hydrogens (tertiary/aromatic N) is 1. The van der Waals surface area contributed by atoms with Crippen molar-refractivity contribution >= 4 is 23.2 Å².